The Bertz CT molecular complexity index is 850. The number of nitrogens with one attached hydrogen (secondary N) is 1. The van der Waals surface area contributed by atoms with Crippen LogP contribution in [-0.4, -0.2) is 28.4 Å². The first-order valence-electron chi connectivity index (χ1n) is 8.59. The lowest BCUT2D eigenvalue weighted by Gasteiger charge is -2.05. The lowest BCUT2D eigenvalue weighted by molar-refractivity contribution is 0.714. The Morgan fingerprint density at radius 1 is 0.960 bits per heavy atom. The van der Waals surface area contributed by atoms with Crippen molar-refractivity contribution in [1.82, 2.24) is 19.7 Å². The summed E-state index contributed by atoms with van der Waals surface area (Å²) < 4.78 is 3.23. The lowest BCUT2D eigenvalue weighted by Crippen LogP contribution is -2.24. The molecule has 3 rings (SSSR count). The predicted octanol–water partition coefficient (Wildman–Crippen LogP) is 3.12. The van der Waals surface area contributed by atoms with Gasteiger partial charge in [0.2, 0.25) is 0 Å². The highest BCUT2D eigenvalue weighted by atomic mass is 16.2. The second-order valence-corrected chi connectivity index (χ2v) is 5.61. The van der Waals surface area contributed by atoms with E-state index < -0.39 is 0 Å². The molecule has 5 heteroatoms. The van der Waals surface area contributed by atoms with Crippen LogP contribution in [0.3, 0.4) is 0 Å². The first-order chi connectivity index (χ1) is 12.2. The maximum Gasteiger partial charge on any atom is 0.351 e. The molecule has 0 saturated carbocycles. The highest BCUT2D eigenvalue weighted by Crippen LogP contribution is 2.18. The molecule has 2 aromatic carbocycles. The van der Waals surface area contributed by atoms with Gasteiger partial charge in [-0.15, -0.1) is 5.10 Å². The number of hydrogen-bond donors (Lipinski definition) is 1. The molecule has 25 heavy (non-hydrogen) atoms. The fourth-order valence-electron chi connectivity index (χ4n) is 2.66. The second-order valence-electron chi connectivity index (χ2n) is 5.61. The fraction of sp³-hybridized carbons (Fsp3) is 0.300. The van der Waals surface area contributed by atoms with E-state index in [1.807, 2.05) is 75.6 Å². The van der Waals surface area contributed by atoms with Crippen LogP contribution < -0.4 is 11.0 Å². The molecule has 0 amide bonds. The molecule has 0 fully saturated rings. The third-order valence-electron chi connectivity index (χ3n) is 3.81. The predicted molar refractivity (Wildman–Crippen MR) is 103 cm³/mol. The minimum Gasteiger partial charge on any atom is -0.323 e. The van der Waals surface area contributed by atoms with Crippen LogP contribution in [-0.2, 0) is 13.0 Å². The number of aryl methyl sites for hydroxylation is 1. The van der Waals surface area contributed by atoms with Gasteiger partial charge in [-0.2, -0.15) is 4.68 Å². The van der Waals surface area contributed by atoms with Gasteiger partial charge in [0.05, 0.1) is 5.69 Å². The molecule has 0 aliphatic heterocycles. The van der Waals surface area contributed by atoms with Crippen LogP contribution in [0, 0.1) is 0 Å². The van der Waals surface area contributed by atoms with Crippen molar-refractivity contribution in [3.05, 3.63) is 70.6 Å². The molecule has 132 valence electrons. The monoisotopic (exact) mass is 338 g/mol. The molecule has 0 bridgehead atoms. The maximum absolute atomic E-state index is 12.7. The van der Waals surface area contributed by atoms with Crippen LogP contribution in [0.1, 0.15) is 19.4 Å². The summed E-state index contributed by atoms with van der Waals surface area (Å²) in [6.07, 6.45) is 0.863. The number of nitrogens with zero attached hydrogens (tertiary/aromatic N) is 3. The molecular formula is C20H26N4O. The van der Waals surface area contributed by atoms with Gasteiger partial charge in [0, 0.05) is 12.1 Å². The summed E-state index contributed by atoms with van der Waals surface area (Å²) in [6.45, 7) is 4.64. The summed E-state index contributed by atoms with van der Waals surface area (Å²) in [6, 6.07) is 17.7. The molecule has 0 radical (unpaired) electrons. The van der Waals surface area contributed by atoms with Gasteiger partial charge >= 0.3 is 5.69 Å². The molecular weight excluding hydrogens is 312 g/mol. The number of aromatic nitrogens is 3. The summed E-state index contributed by atoms with van der Waals surface area (Å²) in [7, 11) is 3.75. The Morgan fingerprint density at radius 2 is 1.56 bits per heavy atom. The Morgan fingerprint density at radius 3 is 2.16 bits per heavy atom. The quantitative estimate of drug-likeness (QED) is 0.795. The lowest BCUT2D eigenvalue weighted by atomic mass is 10.1. The Balaban J connectivity index is 0.000000701. The molecule has 1 aromatic heterocycles. The van der Waals surface area contributed by atoms with E-state index in [4.69, 9.17) is 0 Å². The van der Waals surface area contributed by atoms with Crippen molar-refractivity contribution >= 4 is 0 Å². The van der Waals surface area contributed by atoms with Gasteiger partial charge in [-0.1, -0.05) is 55.5 Å². The minimum atomic E-state index is -0.0951. The summed E-state index contributed by atoms with van der Waals surface area (Å²) in [5.41, 5.74) is 2.83. The summed E-state index contributed by atoms with van der Waals surface area (Å²) in [5, 5.41) is 7.35. The van der Waals surface area contributed by atoms with E-state index >= 15 is 0 Å². The highest BCUT2D eigenvalue weighted by molar-refractivity contribution is 5.55. The fourth-order valence-corrected chi connectivity index (χ4v) is 2.66. The number of para-hydroxylation sites is 1. The zero-order valence-corrected chi connectivity index (χ0v) is 15.4. The Kier molecular flexibility index (Phi) is 6.71. The van der Waals surface area contributed by atoms with E-state index in [0.29, 0.717) is 12.4 Å². The number of hydrogen-bond acceptors (Lipinski definition) is 3. The first kappa shape index (κ1) is 18.7. The highest BCUT2D eigenvalue weighted by Gasteiger charge is 2.16. The van der Waals surface area contributed by atoms with Crippen molar-refractivity contribution in [2.45, 2.75) is 26.8 Å². The van der Waals surface area contributed by atoms with E-state index in [-0.39, 0.29) is 5.69 Å². The smallest absolute Gasteiger partial charge is 0.323 e. The SMILES string of the molecule is CCc1ccccc1-n1nc(-c2ccccc2)n(CC)c1=O.CNC. The van der Waals surface area contributed by atoms with E-state index in [2.05, 4.69) is 17.3 Å². The average molecular weight is 338 g/mol. The van der Waals surface area contributed by atoms with Crippen molar-refractivity contribution in [3.8, 4) is 17.1 Å². The van der Waals surface area contributed by atoms with Crippen LogP contribution in [0.4, 0.5) is 0 Å². The van der Waals surface area contributed by atoms with Crippen LogP contribution in [0.2, 0.25) is 0 Å². The topological polar surface area (TPSA) is 51.9 Å². The van der Waals surface area contributed by atoms with E-state index in [0.717, 1.165) is 23.2 Å². The molecule has 3 aromatic rings. The zero-order chi connectivity index (χ0) is 18.2. The normalized spacial score (nSPS) is 10.2. The van der Waals surface area contributed by atoms with E-state index in [1.54, 1.807) is 4.57 Å². The number of benzene rings is 2. The molecule has 0 aliphatic rings. The van der Waals surface area contributed by atoms with Crippen LogP contribution in [0.5, 0.6) is 0 Å². The molecule has 0 unspecified atom stereocenters. The standard InChI is InChI=1S/C18H19N3O.C2H7N/c1-3-14-10-8-9-13-16(14)21-18(22)20(4-2)17(19-21)15-11-6-5-7-12-15;1-3-2/h5-13H,3-4H2,1-2H3;3H,1-2H3. The van der Waals surface area contributed by atoms with Crippen molar-refractivity contribution < 1.29 is 0 Å². The van der Waals surface area contributed by atoms with Gasteiger partial charge in [-0.05, 0) is 39.1 Å². The van der Waals surface area contributed by atoms with Gasteiger partial charge in [0.1, 0.15) is 0 Å². The Hall–Kier alpha value is -2.66. The largest absolute Gasteiger partial charge is 0.351 e. The van der Waals surface area contributed by atoms with Crippen molar-refractivity contribution in [2.75, 3.05) is 14.1 Å². The third kappa shape index (κ3) is 4.06. The average Bonchev–Trinajstić information content (AvgIpc) is 2.99. The summed E-state index contributed by atoms with van der Waals surface area (Å²) in [4.78, 5) is 12.7. The van der Waals surface area contributed by atoms with Crippen LogP contribution in [0.25, 0.3) is 17.1 Å². The molecule has 1 N–H and O–H groups in total. The van der Waals surface area contributed by atoms with Crippen molar-refractivity contribution in [3.63, 3.8) is 0 Å². The van der Waals surface area contributed by atoms with Crippen molar-refractivity contribution in [1.29, 1.82) is 0 Å². The molecule has 5 nitrogen and oxygen atoms in total. The van der Waals surface area contributed by atoms with Crippen LogP contribution >= 0.6 is 0 Å². The second kappa shape index (κ2) is 8.99. The zero-order valence-electron chi connectivity index (χ0n) is 15.4. The van der Waals surface area contributed by atoms with E-state index in [9.17, 15) is 4.79 Å². The van der Waals surface area contributed by atoms with Gasteiger partial charge in [0.25, 0.3) is 0 Å². The van der Waals surface area contributed by atoms with Gasteiger partial charge < -0.3 is 5.32 Å². The Labute approximate surface area is 148 Å². The first-order valence-corrected chi connectivity index (χ1v) is 8.59. The van der Waals surface area contributed by atoms with E-state index in [1.165, 1.54) is 4.68 Å². The summed E-state index contributed by atoms with van der Waals surface area (Å²) >= 11 is 0. The van der Waals surface area contributed by atoms with Crippen molar-refractivity contribution in [2.24, 2.45) is 0 Å². The van der Waals surface area contributed by atoms with Gasteiger partial charge in [0.15, 0.2) is 5.82 Å². The minimum absolute atomic E-state index is 0.0951. The van der Waals surface area contributed by atoms with Gasteiger partial charge in [-0.25, -0.2) is 4.79 Å². The van der Waals surface area contributed by atoms with Gasteiger partial charge in [-0.3, -0.25) is 4.57 Å². The molecule has 0 saturated heterocycles. The maximum atomic E-state index is 12.7. The molecule has 0 aliphatic carbocycles. The molecule has 0 atom stereocenters. The number of rotatable bonds is 4. The molecule has 0 spiro atoms. The molecule has 1 heterocycles. The third-order valence-corrected chi connectivity index (χ3v) is 3.81. The summed E-state index contributed by atoms with van der Waals surface area (Å²) in [5.74, 6) is 0.707. The van der Waals surface area contributed by atoms with Crippen LogP contribution in [0.15, 0.2) is 59.4 Å².